The molecule has 1 aromatic heterocycles. The van der Waals surface area contributed by atoms with Crippen LogP contribution in [0.5, 0.6) is 0 Å². The Balaban J connectivity index is 0.00000128. The van der Waals surface area contributed by atoms with Gasteiger partial charge < -0.3 is 5.73 Å². The molecule has 0 aliphatic rings. The molecule has 0 aliphatic heterocycles. The van der Waals surface area contributed by atoms with Crippen molar-refractivity contribution < 1.29 is 4.39 Å². The van der Waals surface area contributed by atoms with Crippen molar-refractivity contribution in [2.75, 3.05) is 5.73 Å². The largest absolute Gasteiger partial charge is 0.375 e. The van der Waals surface area contributed by atoms with Crippen molar-refractivity contribution in [2.45, 2.75) is 6.42 Å². The summed E-state index contributed by atoms with van der Waals surface area (Å²) in [6.07, 6.45) is 2.07. The fraction of sp³-hybridized carbons (Fsp3) is 0.100. The van der Waals surface area contributed by atoms with Gasteiger partial charge in [0.15, 0.2) is 5.13 Å². The number of rotatable bonds is 2. The summed E-state index contributed by atoms with van der Waals surface area (Å²) in [5.74, 6) is -0.297. The van der Waals surface area contributed by atoms with E-state index in [9.17, 15) is 4.39 Å². The molecule has 0 amide bonds. The van der Waals surface area contributed by atoms with Gasteiger partial charge in [-0.2, -0.15) is 0 Å². The summed E-state index contributed by atoms with van der Waals surface area (Å²) in [7, 11) is 0. The third-order valence-electron chi connectivity index (χ3n) is 1.98. The second kappa shape index (κ2) is 5.48. The van der Waals surface area contributed by atoms with Gasteiger partial charge in [0.1, 0.15) is 5.82 Å². The number of nitrogen functional groups attached to an aromatic ring is 1. The molecule has 0 saturated heterocycles. The number of thiazole rings is 1. The van der Waals surface area contributed by atoms with Crippen LogP contribution in [0.25, 0.3) is 0 Å². The van der Waals surface area contributed by atoms with E-state index in [0.29, 0.717) is 22.1 Å². The number of benzene rings is 1. The lowest BCUT2D eigenvalue weighted by atomic mass is 10.1. The number of halogens is 3. The lowest BCUT2D eigenvalue weighted by Gasteiger charge is -2.02. The Labute approximate surface area is 108 Å². The van der Waals surface area contributed by atoms with Crippen molar-refractivity contribution >= 4 is 40.5 Å². The van der Waals surface area contributed by atoms with Crippen LogP contribution in [0, 0.1) is 5.82 Å². The van der Waals surface area contributed by atoms with Crippen LogP contribution in [0.4, 0.5) is 9.52 Å². The Hall–Kier alpha value is -0.840. The molecule has 0 aliphatic carbocycles. The highest BCUT2D eigenvalue weighted by Crippen LogP contribution is 2.25. The van der Waals surface area contributed by atoms with Gasteiger partial charge in [0.2, 0.25) is 0 Å². The number of aromatic nitrogens is 1. The van der Waals surface area contributed by atoms with Crippen molar-refractivity contribution in [3.63, 3.8) is 0 Å². The molecule has 0 bridgehead atoms. The molecule has 2 nitrogen and oxygen atoms in total. The zero-order valence-corrected chi connectivity index (χ0v) is 10.5. The molecule has 2 N–H and O–H groups in total. The van der Waals surface area contributed by atoms with E-state index in [0.717, 1.165) is 4.88 Å². The van der Waals surface area contributed by atoms with Crippen molar-refractivity contribution in [2.24, 2.45) is 0 Å². The molecule has 0 unspecified atom stereocenters. The molecule has 1 heterocycles. The minimum absolute atomic E-state index is 0. The third-order valence-corrected chi connectivity index (χ3v) is 3.16. The van der Waals surface area contributed by atoms with Crippen LogP contribution in [0.1, 0.15) is 10.4 Å². The highest BCUT2D eigenvalue weighted by atomic mass is 35.5. The number of hydrogen-bond donors (Lipinski definition) is 1. The molecule has 0 atom stereocenters. The van der Waals surface area contributed by atoms with Gasteiger partial charge in [-0.05, 0) is 12.1 Å². The molecule has 2 rings (SSSR count). The summed E-state index contributed by atoms with van der Waals surface area (Å²) < 4.78 is 13.4. The van der Waals surface area contributed by atoms with Crippen LogP contribution in [0.3, 0.4) is 0 Å². The van der Waals surface area contributed by atoms with Gasteiger partial charge in [0.25, 0.3) is 0 Å². The summed E-state index contributed by atoms with van der Waals surface area (Å²) in [4.78, 5) is 4.81. The van der Waals surface area contributed by atoms with E-state index in [4.69, 9.17) is 17.3 Å². The molecule has 0 spiro atoms. The van der Waals surface area contributed by atoms with E-state index >= 15 is 0 Å². The van der Waals surface area contributed by atoms with Gasteiger partial charge in [-0.3, -0.25) is 0 Å². The summed E-state index contributed by atoms with van der Waals surface area (Å²) in [5.41, 5.74) is 5.98. The van der Waals surface area contributed by atoms with E-state index in [-0.39, 0.29) is 18.2 Å². The highest BCUT2D eigenvalue weighted by Gasteiger charge is 2.09. The van der Waals surface area contributed by atoms with Gasteiger partial charge >= 0.3 is 0 Å². The topological polar surface area (TPSA) is 38.9 Å². The molecule has 6 heteroatoms. The predicted molar refractivity (Wildman–Crippen MR) is 68.0 cm³/mol. The average molecular weight is 279 g/mol. The maximum absolute atomic E-state index is 13.4. The van der Waals surface area contributed by atoms with Gasteiger partial charge in [-0.15, -0.1) is 23.7 Å². The lowest BCUT2D eigenvalue weighted by molar-refractivity contribution is 0.614. The lowest BCUT2D eigenvalue weighted by Crippen LogP contribution is -1.91. The van der Waals surface area contributed by atoms with Crippen molar-refractivity contribution in [1.29, 1.82) is 0 Å². The molecule has 0 radical (unpaired) electrons. The first-order valence-electron chi connectivity index (χ1n) is 4.30. The molecule has 0 saturated carbocycles. The second-order valence-electron chi connectivity index (χ2n) is 3.04. The summed E-state index contributed by atoms with van der Waals surface area (Å²) >= 11 is 7.24. The molecule has 16 heavy (non-hydrogen) atoms. The normalized spacial score (nSPS) is 9.88. The third kappa shape index (κ3) is 2.84. The monoisotopic (exact) mass is 278 g/mol. The Bertz CT molecular complexity index is 467. The van der Waals surface area contributed by atoms with Crippen molar-refractivity contribution in [1.82, 2.24) is 4.98 Å². The Morgan fingerprint density at radius 2 is 2.19 bits per heavy atom. The second-order valence-corrected chi connectivity index (χ2v) is 4.60. The number of nitrogens with zero attached hydrogens (tertiary/aromatic N) is 1. The van der Waals surface area contributed by atoms with Crippen LogP contribution in [-0.4, -0.2) is 4.98 Å². The smallest absolute Gasteiger partial charge is 0.180 e. The molecule has 0 fully saturated rings. The van der Waals surface area contributed by atoms with Crippen molar-refractivity contribution in [3.8, 4) is 0 Å². The fourth-order valence-electron chi connectivity index (χ4n) is 1.28. The Kier molecular flexibility index (Phi) is 4.53. The average Bonchev–Trinajstić information content (AvgIpc) is 2.58. The Morgan fingerprint density at radius 3 is 2.75 bits per heavy atom. The van der Waals surface area contributed by atoms with E-state index in [1.807, 2.05) is 0 Å². The van der Waals surface area contributed by atoms with Crippen LogP contribution in [-0.2, 0) is 6.42 Å². The van der Waals surface area contributed by atoms with Gasteiger partial charge in [-0.25, -0.2) is 9.37 Å². The standard InChI is InChI=1S/C10H8ClFN2S.ClH/c11-8-2-1-3-9(12)7(8)4-6-5-14-10(13)15-6;/h1-3,5H,4H2,(H2,13,14);1H. The molecule has 1 aromatic carbocycles. The first kappa shape index (κ1) is 13.2. The quantitative estimate of drug-likeness (QED) is 0.913. The minimum Gasteiger partial charge on any atom is -0.375 e. The van der Waals surface area contributed by atoms with E-state index in [1.54, 1.807) is 18.3 Å². The molecular weight excluding hydrogens is 270 g/mol. The minimum atomic E-state index is -0.297. The van der Waals surface area contributed by atoms with E-state index in [2.05, 4.69) is 4.98 Å². The summed E-state index contributed by atoms with van der Waals surface area (Å²) in [6, 6.07) is 4.65. The number of anilines is 1. The van der Waals surface area contributed by atoms with Crippen LogP contribution >= 0.6 is 35.3 Å². The van der Waals surface area contributed by atoms with Crippen LogP contribution in [0.15, 0.2) is 24.4 Å². The van der Waals surface area contributed by atoms with Crippen molar-refractivity contribution in [3.05, 3.63) is 45.7 Å². The van der Waals surface area contributed by atoms with Crippen LogP contribution in [0.2, 0.25) is 5.02 Å². The SMILES string of the molecule is Cl.Nc1ncc(Cc2c(F)cccc2Cl)s1. The fourth-order valence-corrected chi connectivity index (χ4v) is 2.21. The van der Waals surface area contributed by atoms with Crippen LogP contribution < -0.4 is 5.73 Å². The maximum Gasteiger partial charge on any atom is 0.180 e. The summed E-state index contributed by atoms with van der Waals surface area (Å²) in [5, 5.41) is 0.916. The molecule has 2 aromatic rings. The molecule has 86 valence electrons. The van der Waals surface area contributed by atoms with E-state index in [1.165, 1.54) is 17.4 Å². The first-order chi connectivity index (χ1) is 7.16. The highest BCUT2D eigenvalue weighted by molar-refractivity contribution is 7.15. The van der Waals surface area contributed by atoms with Gasteiger partial charge in [0, 0.05) is 28.1 Å². The predicted octanol–water partition coefficient (Wildman–Crippen LogP) is 3.53. The molecular formula is C10H9Cl2FN2S. The maximum atomic E-state index is 13.4. The van der Waals surface area contributed by atoms with Gasteiger partial charge in [-0.1, -0.05) is 17.7 Å². The zero-order valence-electron chi connectivity index (χ0n) is 8.11. The Morgan fingerprint density at radius 1 is 1.44 bits per heavy atom. The number of nitrogens with two attached hydrogens (primary N) is 1. The first-order valence-corrected chi connectivity index (χ1v) is 5.49. The summed E-state index contributed by atoms with van der Waals surface area (Å²) in [6.45, 7) is 0. The van der Waals surface area contributed by atoms with E-state index < -0.39 is 0 Å². The number of hydrogen-bond acceptors (Lipinski definition) is 3. The zero-order chi connectivity index (χ0) is 10.8. The van der Waals surface area contributed by atoms with Gasteiger partial charge in [0.05, 0.1) is 0 Å².